The van der Waals surface area contributed by atoms with Gasteiger partial charge in [0.05, 0.1) is 0 Å². The number of fused-ring (bicyclic) bond motifs is 1. The van der Waals surface area contributed by atoms with Crippen LogP contribution in [0.3, 0.4) is 0 Å². The number of benzene rings is 2. The normalized spacial score (nSPS) is 10.3. The highest BCUT2D eigenvalue weighted by Crippen LogP contribution is 2.20. The van der Waals surface area contributed by atoms with E-state index in [0.29, 0.717) is 5.75 Å². The second kappa shape index (κ2) is 3.03. The van der Waals surface area contributed by atoms with Gasteiger partial charge in [0.1, 0.15) is 11.6 Å². The molecule has 2 aromatic rings. The topological polar surface area (TPSA) is 35.2 Å². The molecule has 3 heteroatoms. The lowest BCUT2D eigenvalue weighted by atomic mass is 10.1. The van der Waals surface area contributed by atoms with Crippen LogP contribution < -0.4 is 10.7 Å². The van der Waals surface area contributed by atoms with Crippen LogP contribution in [0, 0.1) is 5.82 Å². The van der Waals surface area contributed by atoms with Crippen molar-refractivity contribution in [1.82, 2.24) is 0 Å². The average molecular weight is 177 g/mol. The summed E-state index contributed by atoms with van der Waals surface area (Å²) >= 11 is 0. The Morgan fingerprint density at radius 1 is 1.00 bits per heavy atom. The van der Waals surface area contributed by atoms with Gasteiger partial charge in [-0.25, -0.2) is 4.39 Å². The van der Waals surface area contributed by atoms with Crippen LogP contribution >= 0.6 is 0 Å². The first kappa shape index (κ1) is 8.01. The molecule has 0 bridgehead atoms. The first-order valence-corrected chi connectivity index (χ1v) is 3.85. The zero-order valence-corrected chi connectivity index (χ0v) is 6.83. The molecule has 13 heavy (non-hydrogen) atoms. The van der Waals surface area contributed by atoms with Crippen LogP contribution in [-0.4, -0.2) is 0 Å². The number of hydrogen-bond donors (Lipinski definition) is 1. The fraction of sp³-hybridized carbons (Fsp3) is 0. The summed E-state index contributed by atoms with van der Waals surface area (Å²) in [7, 11) is 0. The van der Waals surface area contributed by atoms with Gasteiger partial charge in [-0.2, -0.15) is 5.90 Å². The summed E-state index contributed by atoms with van der Waals surface area (Å²) in [5, 5.41) is 1.74. The molecule has 0 radical (unpaired) electrons. The van der Waals surface area contributed by atoms with Gasteiger partial charge >= 0.3 is 0 Å². The predicted octanol–water partition coefficient (Wildman–Crippen LogP) is 2.23. The van der Waals surface area contributed by atoms with Crippen molar-refractivity contribution in [2.75, 3.05) is 0 Å². The summed E-state index contributed by atoms with van der Waals surface area (Å²) in [5.74, 6) is 5.32. The number of nitrogens with two attached hydrogens (primary N) is 1. The Bertz CT molecular complexity index is 442. The van der Waals surface area contributed by atoms with Crippen LogP contribution in [0.4, 0.5) is 4.39 Å². The molecule has 2 aromatic carbocycles. The molecule has 0 heterocycles. The molecule has 0 saturated heterocycles. The monoisotopic (exact) mass is 177 g/mol. The van der Waals surface area contributed by atoms with Crippen LogP contribution in [0.5, 0.6) is 5.75 Å². The Labute approximate surface area is 74.7 Å². The molecule has 0 aromatic heterocycles. The highest BCUT2D eigenvalue weighted by molar-refractivity contribution is 5.83. The first-order chi connectivity index (χ1) is 6.29. The smallest absolute Gasteiger partial charge is 0.147 e. The summed E-state index contributed by atoms with van der Waals surface area (Å²) in [6.45, 7) is 0. The van der Waals surface area contributed by atoms with Gasteiger partial charge in [-0.1, -0.05) is 12.1 Å². The maximum atomic E-state index is 12.8. The van der Waals surface area contributed by atoms with E-state index in [0.717, 1.165) is 10.8 Å². The van der Waals surface area contributed by atoms with Gasteiger partial charge in [-0.05, 0) is 35.0 Å². The standard InChI is InChI=1S/C10H8FNO/c11-9-3-1-8-6-10(13-12)4-2-7(8)5-9/h1-6H,12H2. The number of hydrogen-bond acceptors (Lipinski definition) is 2. The van der Waals surface area contributed by atoms with Gasteiger partial charge in [0.2, 0.25) is 0 Å². The quantitative estimate of drug-likeness (QED) is 0.678. The minimum atomic E-state index is -0.242. The van der Waals surface area contributed by atoms with Crippen molar-refractivity contribution in [2.45, 2.75) is 0 Å². The van der Waals surface area contributed by atoms with Crippen LogP contribution in [0.2, 0.25) is 0 Å². The lowest BCUT2D eigenvalue weighted by molar-refractivity contribution is 0.335. The molecule has 2 nitrogen and oxygen atoms in total. The molecule has 0 aliphatic heterocycles. The maximum Gasteiger partial charge on any atom is 0.147 e. The second-order valence-electron chi connectivity index (χ2n) is 2.77. The van der Waals surface area contributed by atoms with Crippen molar-refractivity contribution in [3.8, 4) is 5.75 Å². The van der Waals surface area contributed by atoms with E-state index in [9.17, 15) is 4.39 Å². The van der Waals surface area contributed by atoms with Crippen LogP contribution in [0.25, 0.3) is 10.8 Å². The van der Waals surface area contributed by atoms with Crippen LogP contribution in [-0.2, 0) is 0 Å². The molecule has 0 spiro atoms. The third kappa shape index (κ3) is 1.46. The summed E-state index contributed by atoms with van der Waals surface area (Å²) in [6.07, 6.45) is 0. The van der Waals surface area contributed by atoms with Crippen molar-refractivity contribution in [3.63, 3.8) is 0 Å². The van der Waals surface area contributed by atoms with Gasteiger partial charge < -0.3 is 4.84 Å². The Morgan fingerprint density at radius 3 is 2.46 bits per heavy atom. The fourth-order valence-corrected chi connectivity index (χ4v) is 1.27. The fourth-order valence-electron chi connectivity index (χ4n) is 1.27. The zero-order chi connectivity index (χ0) is 9.26. The van der Waals surface area contributed by atoms with E-state index in [-0.39, 0.29) is 5.82 Å². The summed E-state index contributed by atoms with van der Waals surface area (Å²) in [5.41, 5.74) is 0. The van der Waals surface area contributed by atoms with Gasteiger partial charge in [0.25, 0.3) is 0 Å². The number of rotatable bonds is 1. The third-order valence-corrected chi connectivity index (χ3v) is 1.91. The molecule has 66 valence electrons. The molecule has 2 N–H and O–H groups in total. The highest BCUT2D eigenvalue weighted by atomic mass is 19.1. The Morgan fingerprint density at radius 2 is 1.69 bits per heavy atom. The average Bonchev–Trinajstić information content (AvgIpc) is 2.17. The van der Waals surface area contributed by atoms with Crippen molar-refractivity contribution < 1.29 is 9.23 Å². The summed E-state index contributed by atoms with van der Waals surface area (Å²) in [6, 6.07) is 9.78. The highest BCUT2D eigenvalue weighted by Gasteiger charge is 1.97. The van der Waals surface area contributed by atoms with Gasteiger partial charge in [-0.3, -0.25) is 0 Å². The number of halogens is 1. The van der Waals surface area contributed by atoms with Gasteiger partial charge in [-0.15, -0.1) is 0 Å². The minimum absolute atomic E-state index is 0.242. The van der Waals surface area contributed by atoms with Gasteiger partial charge in [0, 0.05) is 0 Å². The molecule has 2 rings (SSSR count). The SMILES string of the molecule is NOc1ccc2cc(F)ccc2c1. The van der Waals surface area contributed by atoms with Crippen molar-refractivity contribution in [2.24, 2.45) is 5.90 Å². The lowest BCUT2D eigenvalue weighted by Gasteiger charge is -2.00. The lowest BCUT2D eigenvalue weighted by Crippen LogP contribution is -2.01. The molecule has 0 amide bonds. The van der Waals surface area contributed by atoms with E-state index >= 15 is 0 Å². The van der Waals surface area contributed by atoms with E-state index in [1.165, 1.54) is 12.1 Å². The third-order valence-electron chi connectivity index (χ3n) is 1.91. The van der Waals surface area contributed by atoms with E-state index in [1.807, 2.05) is 0 Å². The van der Waals surface area contributed by atoms with E-state index in [4.69, 9.17) is 5.90 Å². The Balaban J connectivity index is 2.66. The van der Waals surface area contributed by atoms with E-state index in [2.05, 4.69) is 4.84 Å². The van der Waals surface area contributed by atoms with Crippen LogP contribution in [0.1, 0.15) is 0 Å². The van der Waals surface area contributed by atoms with E-state index < -0.39 is 0 Å². The van der Waals surface area contributed by atoms with Crippen molar-refractivity contribution in [1.29, 1.82) is 0 Å². The largest absolute Gasteiger partial charge is 0.412 e. The zero-order valence-electron chi connectivity index (χ0n) is 6.83. The summed E-state index contributed by atoms with van der Waals surface area (Å²) < 4.78 is 12.8. The molecular weight excluding hydrogens is 169 g/mol. The molecule has 0 unspecified atom stereocenters. The van der Waals surface area contributed by atoms with Gasteiger partial charge in [0.15, 0.2) is 0 Å². The maximum absolute atomic E-state index is 12.8. The minimum Gasteiger partial charge on any atom is -0.412 e. The Hall–Kier alpha value is -1.61. The Kier molecular flexibility index (Phi) is 1.87. The second-order valence-corrected chi connectivity index (χ2v) is 2.77. The van der Waals surface area contributed by atoms with Crippen molar-refractivity contribution >= 4 is 10.8 Å². The molecular formula is C10H8FNO. The molecule has 0 atom stereocenters. The van der Waals surface area contributed by atoms with Crippen LogP contribution in [0.15, 0.2) is 36.4 Å². The molecule has 0 aliphatic rings. The van der Waals surface area contributed by atoms with Crippen molar-refractivity contribution in [3.05, 3.63) is 42.2 Å². The summed E-state index contributed by atoms with van der Waals surface area (Å²) in [4.78, 5) is 4.56. The predicted molar refractivity (Wildman–Crippen MR) is 48.7 cm³/mol. The molecule has 0 aliphatic carbocycles. The molecule has 0 saturated carbocycles. The molecule has 0 fully saturated rings. The first-order valence-electron chi connectivity index (χ1n) is 3.85. The van der Waals surface area contributed by atoms with E-state index in [1.54, 1.807) is 24.3 Å².